The van der Waals surface area contributed by atoms with Gasteiger partial charge in [0.25, 0.3) is 0 Å². The molecule has 0 saturated carbocycles. The summed E-state index contributed by atoms with van der Waals surface area (Å²) in [6.07, 6.45) is 4.60. The monoisotopic (exact) mass is 623 g/mol. The first-order valence-electron chi connectivity index (χ1n) is 14.2. The molecule has 0 fully saturated rings. The van der Waals surface area contributed by atoms with E-state index in [-0.39, 0.29) is 0 Å². The zero-order chi connectivity index (χ0) is 30.6. The number of aromatic nitrogens is 2. The number of thioether (sulfide) groups is 1. The van der Waals surface area contributed by atoms with Crippen molar-refractivity contribution >= 4 is 34.7 Å². The van der Waals surface area contributed by atoms with Crippen molar-refractivity contribution < 1.29 is 14.2 Å². The fourth-order valence-corrected chi connectivity index (χ4v) is 6.39. The fourth-order valence-electron chi connectivity index (χ4n) is 4.48. The Morgan fingerprint density at radius 2 is 1.73 bits per heavy atom. The van der Waals surface area contributed by atoms with E-state index in [0.29, 0.717) is 30.5 Å². The molecular formula is C34H33N5O3S2. The molecule has 0 aliphatic carbocycles. The number of nitriles is 1. The highest BCUT2D eigenvalue weighted by molar-refractivity contribution is 8.00. The predicted molar refractivity (Wildman–Crippen MR) is 178 cm³/mol. The van der Waals surface area contributed by atoms with Gasteiger partial charge in [0.1, 0.15) is 23.3 Å². The first-order valence-corrected chi connectivity index (χ1v) is 16.2. The largest absolute Gasteiger partial charge is 0.493 e. The molecule has 8 nitrogen and oxygen atoms in total. The van der Waals surface area contributed by atoms with Crippen molar-refractivity contribution in [3.05, 3.63) is 96.7 Å². The highest BCUT2D eigenvalue weighted by Crippen LogP contribution is 2.46. The minimum Gasteiger partial charge on any atom is -0.493 e. The smallest absolute Gasteiger partial charge is 0.227 e. The highest BCUT2D eigenvalue weighted by atomic mass is 32.2. The number of thiophene rings is 1. The molecule has 5 aromatic rings. The van der Waals surface area contributed by atoms with E-state index in [4.69, 9.17) is 19.2 Å². The minimum absolute atomic E-state index is 0.451. The van der Waals surface area contributed by atoms with E-state index in [9.17, 15) is 5.26 Å². The van der Waals surface area contributed by atoms with Gasteiger partial charge in [0.05, 0.1) is 33.6 Å². The Morgan fingerprint density at radius 3 is 2.55 bits per heavy atom. The van der Waals surface area contributed by atoms with Gasteiger partial charge < -0.3 is 24.8 Å². The second kappa shape index (κ2) is 15.9. The molecule has 0 atom stereocenters. The normalized spacial score (nSPS) is 10.8. The average molecular weight is 624 g/mol. The van der Waals surface area contributed by atoms with Gasteiger partial charge in [0.2, 0.25) is 5.95 Å². The van der Waals surface area contributed by atoms with E-state index in [1.54, 1.807) is 36.4 Å². The van der Waals surface area contributed by atoms with Gasteiger partial charge in [-0.15, -0.1) is 23.1 Å². The molecule has 0 aliphatic rings. The molecular weight excluding hydrogens is 591 g/mol. The Labute approximate surface area is 266 Å². The van der Waals surface area contributed by atoms with Crippen LogP contribution in [-0.2, 0) is 4.74 Å². The lowest BCUT2D eigenvalue weighted by atomic mass is 10.0. The molecule has 224 valence electrons. The SMILES string of the molecule is COCCNCCCOc1cccc(Nc2nccc(-c3sc(SC)c(C#N)c3-c3cccc(Oc4ccccc4)c3)n2)c1. The number of benzene rings is 3. The summed E-state index contributed by atoms with van der Waals surface area (Å²) in [4.78, 5) is 10.2. The molecule has 0 aliphatic heterocycles. The molecule has 2 heterocycles. The molecule has 10 heteroatoms. The molecule has 2 aromatic heterocycles. The lowest BCUT2D eigenvalue weighted by molar-refractivity contribution is 0.198. The molecule has 0 amide bonds. The van der Waals surface area contributed by atoms with Gasteiger partial charge in [-0.3, -0.25) is 0 Å². The number of ether oxygens (including phenoxy) is 3. The Hall–Kier alpha value is -4.40. The van der Waals surface area contributed by atoms with Crippen LogP contribution in [0.2, 0.25) is 0 Å². The van der Waals surface area contributed by atoms with E-state index < -0.39 is 0 Å². The van der Waals surface area contributed by atoms with E-state index in [1.807, 2.05) is 91.2 Å². The number of anilines is 2. The van der Waals surface area contributed by atoms with Crippen molar-refractivity contribution in [2.45, 2.75) is 10.6 Å². The number of methoxy groups -OCH3 is 1. The van der Waals surface area contributed by atoms with Crippen LogP contribution in [0.1, 0.15) is 12.0 Å². The summed E-state index contributed by atoms with van der Waals surface area (Å²) in [6, 6.07) is 29.5. The number of hydrogen-bond donors (Lipinski definition) is 2. The molecule has 0 radical (unpaired) electrons. The molecule has 0 spiro atoms. The lowest BCUT2D eigenvalue weighted by Crippen LogP contribution is -2.21. The van der Waals surface area contributed by atoms with Crippen molar-refractivity contribution in [2.24, 2.45) is 0 Å². The molecule has 3 aromatic carbocycles. The van der Waals surface area contributed by atoms with Gasteiger partial charge in [0, 0.05) is 37.2 Å². The van der Waals surface area contributed by atoms with Gasteiger partial charge >= 0.3 is 0 Å². The van der Waals surface area contributed by atoms with Crippen LogP contribution >= 0.6 is 23.1 Å². The van der Waals surface area contributed by atoms with Crippen molar-refractivity contribution in [1.82, 2.24) is 15.3 Å². The summed E-state index contributed by atoms with van der Waals surface area (Å²) < 4.78 is 18.0. The first-order chi connectivity index (χ1) is 21.7. The zero-order valence-corrected chi connectivity index (χ0v) is 26.2. The van der Waals surface area contributed by atoms with Crippen molar-refractivity contribution in [1.29, 1.82) is 5.26 Å². The van der Waals surface area contributed by atoms with Crippen LogP contribution in [0.15, 0.2) is 95.3 Å². The summed E-state index contributed by atoms with van der Waals surface area (Å²) >= 11 is 3.11. The number of rotatable bonds is 15. The van der Waals surface area contributed by atoms with Crippen LogP contribution in [-0.4, -0.2) is 49.6 Å². The highest BCUT2D eigenvalue weighted by Gasteiger charge is 2.22. The Kier molecular flexibility index (Phi) is 11.2. The van der Waals surface area contributed by atoms with Gasteiger partial charge in [-0.05, 0) is 67.2 Å². The van der Waals surface area contributed by atoms with Crippen LogP contribution < -0.4 is 20.1 Å². The van der Waals surface area contributed by atoms with Gasteiger partial charge in [0.15, 0.2) is 0 Å². The zero-order valence-electron chi connectivity index (χ0n) is 24.6. The Morgan fingerprint density at radius 1 is 0.909 bits per heavy atom. The standard InChI is InChI=1S/C34H33N5O3S2/c1-40-20-18-36-16-8-19-41-27-13-7-10-25(22-27)38-34-37-17-15-30(39-34)32-31(29(23-35)33(43-2)44-32)24-9-6-14-28(21-24)42-26-11-4-3-5-12-26/h3-7,9-15,17,21-22,36H,8,16,18-20H2,1-2H3,(H,37,38,39). The molecule has 0 saturated heterocycles. The summed E-state index contributed by atoms with van der Waals surface area (Å²) in [6.45, 7) is 2.99. The Bertz CT molecular complexity index is 1710. The summed E-state index contributed by atoms with van der Waals surface area (Å²) in [7, 11) is 1.70. The predicted octanol–water partition coefficient (Wildman–Crippen LogP) is 8.01. The topological polar surface area (TPSA) is 101 Å². The van der Waals surface area contributed by atoms with Gasteiger partial charge in [-0.2, -0.15) is 5.26 Å². The fraction of sp³-hybridized carbons (Fsp3) is 0.206. The van der Waals surface area contributed by atoms with E-state index in [0.717, 1.165) is 62.6 Å². The van der Waals surface area contributed by atoms with Crippen LogP contribution in [0.4, 0.5) is 11.6 Å². The maximum Gasteiger partial charge on any atom is 0.227 e. The maximum atomic E-state index is 10.2. The third-order valence-corrected chi connectivity index (χ3v) is 8.83. The molecule has 0 unspecified atom stereocenters. The molecule has 5 rings (SSSR count). The van der Waals surface area contributed by atoms with Crippen molar-refractivity contribution in [3.63, 3.8) is 0 Å². The van der Waals surface area contributed by atoms with Crippen LogP contribution in [0.3, 0.4) is 0 Å². The molecule has 2 N–H and O–H groups in total. The second-order valence-electron chi connectivity index (χ2n) is 9.59. The summed E-state index contributed by atoms with van der Waals surface area (Å²) in [5, 5.41) is 16.8. The van der Waals surface area contributed by atoms with Crippen molar-refractivity contribution in [3.8, 4) is 45.0 Å². The average Bonchev–Trinajstić information content (AvgIpc) is 3.44. The number of nitrogens with zero attached hydrogens (tertiary/aromatic N) is 3. The maximum absolute atomic E-state index is 10.2. The summed E-state index contributed by atoms with van der Waals surface area (Å²) in [5.41, 5.74) is 3.88. The van der Waals surface area contributed by atoms with Crippen molar-refractivity contribution in [2.75, 3.05) is 45.0 Å². The van der Waals surface area contributed by atoms with Gasteiger partial charge in [-0.25, -0.2) is 9.97 Å². The Balaban J connectivity index is 1.36. The first kappa shape index (κ1) is 31.0. The molecule has 44 heavy (non-hydrogen) atoms. The lowest BCUT2D eigenvalue weighted by Gasteiger charge is -2.11. The van der Waals surface area contributed by atoms with E-state index >= 15 is 0 Å². The molecule has 0 bridgehead atoms. The number of nitrogens with one attached hydrogen (secondary N) is 2. The minimum atomic E-state index is 0.451. The quantitative estimate of drug-likeness (QED) is 0.0887. The second-order valence-corrected chi connectivity index (χ2v) is 11.7. The number of hydrogen-bond acceptors (Lipinski definition) is 10. The third-order valence-electron chi connectivity index (χ3n) is 6.50. The van der Waals surface area contributed by atoms with Crippen LogP contribution in [0, 0.1) is 11.3 Å². The third kappa shape index (κ3) is 8.15. The van der Waals surface area contributed by atoms with E-state index in [2.05, 4.69) is 21.7 Å². The van der Waals surface area contributed by atoms with Gasteiger partial charge in [-0.1, -0.05) is 36.4 Å². The van der Waals surface area contributed by atoms with Crippen LogP contribution in [0.25, 0.3) is 21.7 Å². The van der Waals surface area contributed by atoms with E-state index in [1.165, 1.54) is 0 Å². The summed E-state index contributed by atoms with van der Waals surface area (Å²) in [5.74, 6) is 2.66. The number of para-hydroxylation sites is 1. The van der Waals surface area contributed by atoms with Crippen LogP contribution in [0.5, 0.6) is 17.2 Å².